The van der Waals surface area contributed by atoms with Crippen molar-refractivity contribution in [2.45, 2.75) is 58.3 Å². The van der Waals surface area contributed by atoms with Crippen LogP contribution in [-0.4, -0.2) is 51.0 Å². The number of hydrogen-bond acceptors (Lipinski definition) is 6. The number of esters is 1. The van der Waals surface area contributed by atoms with E-state index in [1.54, 1.807) is 13.8 Å². The Morgan fingerprint density at radius 1 is 1.29 bits per heavy atom. The molecule has 2 fully saturated rings. The molecule has 0 aromatic heterocycles. The Morgan fingerprint density at radius 2 is 1.93 bits per heavy atom. The van der Waals surface area contributed by atoms with Crippen LogP contribution >= 0.6 is 0 Å². The minimum atomic E-state index is -1.36. The number of rotatable bonds is 2. The van der Waals surface area contributed by atoms with Crippen LogP contribution < -0.4 is 0 Å². The number of ether oxygens (including phenoxy) is 1. The molecule has 0 heterocycles. The topological polar surface area (TPSA) is 104 Å². The third kappa shape index (κ3) is 2.09. The summed E-state index contributed by atoms with van der Waals surface area (Å²) in [7, 11) is 0. The number of fused-ring (bicyclic) bond motifs is 5. The number of carbonyl (C=O) groups is 2. The van der Waals surface area contributed by atoms with Crippen molar-refractivity contribution in [3.8, 4) is 0 Å². The first kappa shape index (κ1) is 19.8. The van der Waals surface area contributed by atoms with Crippen molar-refractivity contribution in [3.05, 3.63) is 23.3 Å². The van der Waals surface area contributed by atoms with Gasteiger partial charge in [-0.05, 0) is 24.5 Å². The van der Waals surface area contributed by atoms with Gasteiger partial charge in [-0.25, -0.2) is 0 Å². The first-order valence-electron chi connectivity index (χ1n) is 10.1. The van der Waals surface area contributed by atoms with E-state index in [1.165, 1.54) is 6.92 Å². The van der Waals surface area contributed by atoms with Crippen LogP contribution in [0.3, 0.4) is 0 Å². The van der Waals surface area contributed by atoms with Gasteiger partial charge < -0.3 is 20.1 Å². The van der Waals surface area contributed by atoms with Crippen molar-refractivity contribution >= 4 is 11.8 Å². The van der Waals surface area contributed by atoms with Gasteiger partial charge in [-0.15, -0.1) is 0 Å². The maximum atomic E-state index is 12.8. The molecule has 0 aromatic rings. The highest BCUT2D eigenvalue weighted by atomic mass is 16.6. The smallest absolute Gasteiger partial charge is 0.303 e. The highest BCUT2D eigenvalue weighted by Crippen LogP contribution is 2.76. The van der Waals surface area contributed by atoms with Crippen LogP contribution in [0.15, 0.2) is 23.3 Å². The second-order valence-electron chi connectivity index (χ2n) is 9.77. The van der Waals surface area contributed by atoms with Gasteiger partial charge in [-0.2, -0.15) is 0 Å². The predicted molar refractivity (Wildman–Crippen MR) is 101 cm³/mol. The number of ketones is 1. The van der Waals surface area contributed by atoms with Crippen molar-refractivity contribution in [3.63, 3.8) is 0 Å². The SMILES string of the molecule is CC(=O)O[C@]12[C@H](O)[C@H](C)[C@]3(O)[C@@H]4C=C(C)C(=O)[C@@H]4CC(CO)=C[C@H]3[C@@H]1C2(C)C. The molecule has 0 spiro atoms. The quantitative estimate of drug-likeness (QED) is 0.486. The van der Waals surface area contributed by atoms with E-state index >= 15 is 0 Å². The molecule has 6 heteroatoms. The number of hydrogen-bond donors (Lipinski definition) is 3. The summed E-state index contributed by atoms with van der Waals surface area (Å²) in [6.07, 6.45) is 3.07. The molecule has 28 heavy (non-hydrogen) atoms. The number of carbonyl (C=O) groups excluding carboxylic acids is 2. The van der Waals surface area contributed by atoms with Crippen molar-refractivity contribution in [1.82, 2.24) is 0 Å². The molecule has 0 aromatic carbocycles. The molecule has 4 rings (SSSR count). The van der Waals surface area contributed by atoms with Crippen LogP contribution in [0.4, 0.5) is 0 Å². The van der Waals surface area contributed by atoms with Crippen molar-refractivity contribution in [1.29, 1.82) is 0 Å². The molecule has 6 nitrogen and oxygen atoms in total. The third-order valence-corrected chi connectivity index (χ3v) is 8.23. The Bertz CT molecular complexity index is 810. The summed E-state index contributed by atoms with van der Waals surface area (Å²) in [4.78, 5) is 24.6. The number of aliphatic hydroxyl groups is 3. The fourth-order valence-corrected chi connectivity index (χ4v) is 6.84. The Hall–Kier alpha value is -1.50. The second-order valence-corrected chi connectivity index (χ2v) is 9.77. The molecule has 2 saturated carbocycles. The average molecular weight is 390 g/mol. The minimum absolute atomic E-state index is 0.00741. The Labute approximate surface area is 165 Å². The fraction of sp³-hybridized carbons (Fsp3) is 0.727. The van der Waals surface area contributed by atoms with E-state index in [-0.39, 0.29) is 18.3 Å². The average Bonchev–Trinajstić information content (AvgIpc) is 3.01. The molecule has 0 bridgehead atoms. The maximum Gasteiger partial charge on any atom is 0.303 e. The summed E-state index contributed by atoms with van der Waals surface area (Å²) in [6, 6.07) is 0. The molecular weight excluding hydrogens is 360 g/mol. The summed E-state index contributed by atoms with van der Waals surface area (Å²) in [5, 5.41) is 33.3. The summed E-state index contributed by atoms with van der Waals surface area (Å²) in [6.45, 7) is 8.56. The van der Waals surface area contributed by atoms with Gasteiger partial charge in [0.05, 0.1) is 18.3 Å². The molecule has 0 aliphatic heterocycles. The maximum absolute atomic E-state index is 12.8. The van der Waals surface area contributed by atoms with Crippen molar-refractivity contribution < 1.29 is 29.6 Å². The van der Waals surface area contributed by atoms with E-state index < -0.39 is 52.4 Å². The number of Topliss-reactive ketones (excluding diaryl/α,β-unsaturated/α-hetero) is 1. The molecule has 0 unspecified atom stereocenters. The lowest BCUT2D eigenvalue weighted by atomic mass is 9.60. The first-order chi connectivity index (χ1) is 12.9. The Kier molecular flexibility index (Phi) is 4.08. The summed E-state index contributed by atoms with van der Waals surface area (Å²) < 4.78 is 5.73. The molecule has 3 N–H and O–H groups in total. The molecule has 8 atom stereocenters. The molecule has 0 radical (unpaired) electrons. The first-order valence-corrected chi connectivity index (χ1v) is 10.1. The summed E-state index contributed by atoms with van der Waals surface area (Å²) in [5.74, 6) is -2.71. The van der Waals surface area contributed by atoms with Crippen LogP contribution in [0, 0.1) is 35.0 Å². The lowest BCUT2D eigenvalue weighted by molar-refractivity contribution is -0.207. The third-order valence-electron chi connectivity index (χ3n) is 8.23. The molecule has 4 aliphatic rings. The van der Waals surface area contributed by atoms with Crippen LogP contribution in [0.25, 0.3) is 0 Å². The van der Waals surface area contributed by atoms with E-state index in [1.807, 2.05) is 26.0 Å². The van der Waals surface area contributed by atoms with E-state index in [0.717, 1.165) is 5.57 Å². The molecule has 0 saturated heterocycles. The van der Waals surface area contributed by atoms with Crippen molar-refractivity contribution in [2.24, 2.45) is 35.0 Å². The monoisotopic (exact) mass is 390 g/mol. The van der Waals surface area contributed by atoms with Crippen molar-refractivity contribution in [2.75, 3.05) is 6.61 Å². The van der Waals surface area contributed by atoms with E-state index in [4.69, 9.17) is 4.74 Å². The zero-order valence-corrected chi connectivity index (χ0v) is 17.1. The standard InChI is InChI=1S/C22H30O6/c1-10-6-15-14(17(10)25)7-13(9-23)8-16-18-20(4,5)22(18,28-12(3)24)19(26)11(2)21(15,16)27/h6,8,11,14-16,18-19,23,26-27H,7,9H2,1-5H3/t11-,14+,15+,16-,18+,19+,21-,22-/m0/s1. The van der Waals surface area contributed by atoms with Gasteiger partial charge in [-0.3, -0.25) is 9.59 Å². The molecule has 4 aliphatic carbocycles. The largest absolute Gasteiger partial charge is 0.456 e. The lowest BCUT2D eigenvalue weighted by Crippen LogP contribution is -2.62. The number of allylic oxidation sites excluding steroid dienone is 1. The van der Waals surface area contributed by atoms with Gasteiger partial charge in [0.2, 0.25) is 0 Å². The predicted octanol–water partition coefficient (Wildman–Crippen LogP) is 1.39. The molecular formula is C22H30O6. The van der Waals surface area contributed by atoms with Crippen LogP contribution in [0.2, 0.25) is 0 Å². The van der Waals surface area contributed by atoms with Gasteiger partial charge in [0.15, 0.2) is 5.78 Å². The van der Waals surface area contributed by atoms with E-state index in [0.29, 0.717) is 12.0 Å². The van der Waals surface area contributed by atoms with Crippen LogP contribution in [0.5, 0.6) is 0 Å². The highest BCUT2D eigenvalue weighted by molar-refractivity contribution is 5.99. The Morgan fingerprint density at radius 3 is 2.50 bits per heavy atom. The van der Waals surface area contributed by atoms with Crippen LogP contribution in [0.1, 0.15) is 41.0 Å². The zero-order chi connectivity index (χ0) is 20.8. The normalized spacial score (nSPS) is 48.5. The fourth-order valence-electron chi connectivity index (χ4n) is 6.84. The van der Waals surface area contributed by atoms with Gasteiger partial charge in [0, 0.05) is 41.9 Å². The zero-order valence-electron chi connectivity index (χ0n) is 17.1. The van der Waals surface area contributed by atoms with Gasteiger partial charge >= 0.3 is 5.97 Å². The van der Waals surface area contributed by atoms with Crippen LogP contribution in [-0.2, 0) is 14.3 Å². The Balaban J connectivity index is 1.90. The van der Waals surface area contributed by atoms with E-state index in [9.17, 15) is 24.9 Å². The lowest BCUT2D eigenvalue weighted by Gasteiger charge is -2.51. The highest BCUT2D eigenvalue weighted by Gasteiger charge is 2.86. The molecule has 0 amide bonds. The van der Waals surface area contributed by atoms with Gasteiger partial charge in [0.1, 0.15) is 5.60 Å². The van der Waals surface area contributed by atoms with Gasteiger partial charge in [-0.1, -0.05) is 32.9 Å². The summed E-state index contributed by atoms with van der Waals surface area (Å²) in [5.41, 5.74) is -1.64. The second kappa shape index (κ2) is 5.77. The minimum Gasteiger partial charge on any atom is -0.456 e. The van der Waals surface area contributed by atoms with Gasteiger partial charge in [0.25, 0.3) is 0 Å². The molecule has 154 valence electrons. The number of aliphatic hydroxyl groups excluding tert-OH is 2. The summed E-state index contributed by atoms with van der Waals surface area (Å²) >= 11 is 0. The van der Waals surface area contributed by atoms with E-state index in [2.05, 4.69) is 0 Å².